The van der Waals surface area contributed by atoms with Crippen molar-refractivity contribution in [2.75, 3.05) is 19.6 Å². The molecule has 5 rings (SSSR count). The molecule has 2 heterocycles. The second kappa shape index (κ2) is 10.5. The van der Waals surface area contributed by atoms with E-state index in [0.717, 1.165) is 57.7 Å². The van der Waals surface area contributed by atoms with Crippen LogP contribution in [0.15, 0.2) is 36.0 Å². The number of hydrogen-bond acceptors (Lipinski definition) is 4. The molecule has 1 N–H and O–H groups in total. The summed E-state index contributed by atoms with van der Waals surface area (Å²) in [6.07, 6.45) is 2.93. The van der Waals surface area contributed by atoms with Crippen molar-refractivity contribution in [3.63, 3.8) is 0 Å². The molecule has 1 saturated carbocycles. The number of aromatic nitrogens is 1. The minimum Gasteiger partial charge on any atom is -0.487 e. The van der Waals surface area contributed by atoms with Crippen LogP contribution in [0.5, 0.6) is 5.75 Å². The minimum atomic E-state index is -4.41. The molecule has 2 aromatic rings. The zero-order valence-electron chi connectivity index (χ0n) is 21.1. The summed E-state index contributed by atoms with van der Waals surface area (Å²) in [7, 11) is 0. The second-order valence-corrected chi connectivity index (χ2v) is 10.7. The van der Waals surface area contributed by atoms with Gasteiger partial charge in [-0.15, -0.1) is 0 Å². The summed E-state index contributed by atoms with van der Waals surface area (Å²) < 4.78 is 46.9. The Balaban J connectivity index is 1.26. The Morgan fingerprint density at radius 3 is 2.59 bits per heavy atom. The zero-order chi connectivity index (χ0) is 26.2. The fourth-order valence-electron chi connectivity index (χ4n) is 5.96. The van der Waals surface area contributed by atoms with Gasteiger partial charge in [0, 0.05) is 25.8 Å². The van der Waals surface area contributed by atoms with Crippen LogP contribution in [0, 0.1) is 5.92 Å². The first-order valence-electron chi connectivity index (χ1n) is 13.1. The number of nitrogens with zero attached hydrogens (tertiary/aromatic N) is 2. The molecular weight excluding hydrogens is 481 g/mol. The van der Waals surface area contributed by atoms with Crippen molar-refractivity contribution in [1.29, 1.82) is 0 Å². The van der Waals surface area contributed by atoms with E-state index in [1.54, 1.807) is 6.07 Å². The van der Waals surface area contributed by atoms with Crippen molar-refractivity contribution < 1.29 is 27.8 Å². The van der Waals surface area contributed by atoms with Crippen molar-refractivity contribution >= 4 is 11.5 Å². The Bertz CT molecular complexity index is 1200. The maximum absolute atomic E-state index is 13.6. The van der Waals surface area contributed by atoms with Gasteiger partial charge in [-0.1, -0.05) is 30.9 Å². The van der Waals surface area contributed by atoms with Gasteiger partial charge in [0.2, 0.25) is 0 Å². The van der Waals surface area contributed by atoms with Crippen LogP contribution < -0.4 is 4.74 Å². The molecule has 198 valence electrons. The molecule has 1 aromatic carbocycles. The number of fused-ring (bicyclic) bond motifs is 1. The molecule has 8 heteroatoms. The molecule has 37 heavy (non-hydrogen) atoms. The second-order valence-electron chi connectivity index (χ2n) is 10.7. The number of aryl methyl sites for hydroxylation is 1. The molecule has 1 saturated heterocycles. The standard InChI is InChI=1S/C29H33F3N2O3/c1-18-21(14-34-15-22(16-34)28(35)36)8-7-20-11-24(9-10-25(18)20)37-17-23-12-26(19-5-3-2-4-6-19)27(13-33-23)29(30,31)32/h9-13,19,22H,2-8,14-17H2,1H3,(H,35,36). The fourth-order valence-corrected chi connectivity index (χ4v) is 5.96. The highest BCUT2D eigenvalue weighted by atomic mass is 19.4. The van der Waals surface area contributed by atoms with E-state index in [9.17, 15) is 18.0 Å². The molecule has 0 atom stereocenters. The predicted molar refractivity (Wildman–Crippen MR) is 134 cm³/mol. The maximum atomic E-state index is 13.6. The molecule has 3 aliphatic rings. The minimum absolute atomic E-state index is 0.0777. The van der Waals surface area contributed by atoms with Crippen molar-refractivity contribution in [3.05, 3.63) is 64.0 Å². The lowest BCUT2D eigenvalue weighted by atomic mass is 9.82. The van der Waals surface area contributed by atoms with E-state index in [0.29, 0.717) is 30.1 Å². The van der Waals surface area contributed by atoms with E-state index in [1.807, 2.05) is 18.2 Å². The topological polar surface area (TPSA) is 62.7 Å². The Labute approximate surface area is 215 Å². The summed E-state index contributed by atoms with van der Waals surface area (Å²) in [4.78, 5) is 17.3. The molecule has 0 unspecified atom stereocenters. The highest BCUT2D eigenvalue weighted by Gasteiger charge is 2.36. The molecule has 0 radical (unpaired) electrons. The monoisotopic (exact) mass is 514 g/mol. The van der Waals surface area contributed by atoms with Crippen LogP contribution in [0.3, 0.4) is 0 Å². The normalized spacial score (nSPS) is 19.5. The van der Waals surface area contributed by atoms with E-state index in [2.05, 4.69) is 16.8 Å². The van der Waals surface area contributed by atoms with Crippen LogP contribution in [0.1, 0.15) is 79.3 Å². The van der Waals surface area contributed by atoms with Gasteiger partial charge in [0.1, 0.15) is 12.4 Å². The summed E-state index contributed by atoms with van der Waals surface area (Å²) >= 11 is 0. The first kappa shape index (κ1) is 25.8. The van der Waals surface area contributed by atoms with Crippen molar-refractivity contribution in [1.82, 2.24) is 9.88 Å². The third-order valence-electron chi connectivity index (χ3n) is 8.16. The van der Waals surface area contributed by atoms with Crippen LogP contribution in [0.2, 0.25) is 0 Å². The van der Waals surface area contributed by atoms with Gasteiger partial charge < -0.3 is 9.84 Å². The number of benzene rings is 1. The fraction of sp³-hybridized carbons (Fsp3) is 0.517. The highest BCUT2D eigenvalue weighted by Crippen LogP contribution is 2.41. The third kappa shape index (κ3) is 5.69. The van der Waals surface area contributed by atoms with Gasteiger partial charge in [-0.05, 0) is 79.0 Å². The summed E-state index contributed by atoms with van der Waals surface area (Å²) in [5, 5.41) is 9.10. The Morgan fingerprint density at radius 2 is 1.89 bits per heavy atom. The van der Waals surface area contributed by atoms with Gasteiger partial charge in [-0.3, -0.25) is 14.7 Å². The van der Waals surface area contributed by atoms with Crippen LogP contribution in [-0.2, 0) is 24.0 Å². The molecule has 0 amide bonds. The highest BCUT2D eigenvalue weighted by molar-refractivity contribution is 5.73. The maximum Gasteiger partial charge on any atom is 0.418 e. The Morgan fingerprint density at radius 1 is 1.14 bits per heavy atom. The van der Waals surface area contributed by atoms with Crippen LogP contribution in [0.4, 0.5) is 13.2 Å². The Kier molecular flexibility index (Phi) is 7.30. The molecule has 2 fully saturated rings. The summed E-state index contributed by atoms with van der Waals surface area (Å²) in [5.74, 6) is -0.372. The van der Waals surface area contributed by atoms with E-state index < -0.39 is 17.7 Å². The molecule has 0 bridgehead atoms. The molecule has 0 spiro atoms. The summed E-state index contributed by atoms with van der Waals surface area (Å²) in [5.41, 5.74) is 5.19. The molecule has 2 aliphatic carbocycles. The molecule has 1 aromatic heterocycles. The lowest BCUT2D eigenvalue weighted by Gasteiger charge is -2.38. The van der Waals surface area contributed by atoms with E-state index in [-0.39, 0.29) is 18.4 Å². The first-order valence-corrected chi connectivity index (χ1v) is 13.1. The van der Waals surface area contributed by atoms with Crippen LogP contribution in [0.25, 0.3) is 5.57 Å². The number of allylic oxidation sites excluding steroid dienone is 1. The van der Waals surface area contributed by atoms with Gasteiger partial charge in [-0.2, -0.15) is 13.2 Å². The van der Waals surface area contributed by atoms with Gasteiger partial charge in [0.25, 0.3) is 0 Å². The molecule has 5 nitrogen and oxygen atoms in total. The smallest absolute Gasteiger partial charge is 0.418 e. The third-order valence-corrected chi connectivity index (χ3v) is 8.16. The number of hydrogen-bond donors (Lipinski definition) is 1. The Hall–Kier alpha value is -2.87. The van der Waals surface area contributed by atoms with Gasteiger partial charge in [0.05, 0.1) is 17.2 Å². The average Bonchev–Trinajstić information content (AvgIpc) is 2.85. The van der Waals surface area contributed by atoms with Gasteiger partial charge >= 0.3 is 12.1 Å². The number of carboxylic acid groups (broad SMARTS) is 1. The largest absolute Gasteiger partial charge is 0.487 e. The van der Waals surface area contributed by atoms with Gasteiger partial charge in [0.15, 0.2) is 0 Å². The number of carbonyl (C=O) groups is 1. The predicted octanol–water partition coefficient (Wildman–Crippen LogP) is 6.46. The van der Waals surface area contributed by atoms with Crippen molar-refractivity contribution in [2.45, 2.75) is 70.6 Å². The quantitative estimate of drug-likeness (QED) is 0.459. The van der Waals surface area contributed by atoms with E-state index >= 15 is 0 Å². The van der Waals surface area contributed by atoms with Crippen molar-refractivity contribution in [3.8, 4) is 5.75 Å². The van der Waals surface area contributed by atoms with E-state index in [1.165, 1.54) is 22.3 Å². The number of ether oxygens (including phenoxy) is 1. The number of halogens is 3. The number of rotatable bonds is 7. The van der Waals surface area contributed by atoms with Crippen molar-refractivity contribution in [2.24, 2.45) is 5.92 Å². The lowest BCUT2D eigenvalue weighted by Crippen LogP contribution is -2.50. The number of likely N-dealkylation sites (tertiary alicyclic amines) is 1. The van der Waals surface area contributed by atoms with Gasteiger partial charge in [-0.25, -0.2) is 0 Å². The zero-order valence-corrected chi connectivity index (χ0v) is 21.1. The first-order chi connectivity index (χ1) is 17.7. The van der Waals surface area contributed by atoms with Crippen LogP contribution in [-0.4, -0.2) is 40.6 Å². The van der Waals surface area contributed by atoms with Crippen LogP contribution >= 0.6 is 0 Å². The molecule has 1 aliphatic heterocycles. The lowest BCUT2D eigenvalue weighted by molar-refractivity contribution is -0.147. The average molecular weight is 515 g/mol. The van der Waals surface area contributed by atoms with E-state index in [4.69, 9.17) is 9.84 Å². The summed E-state index contributed by atoms with van der Waals surface area (Å²) in [6.45, 7) is 4.24. The number of carboxylic acids is 1. The SMILES string of the molecule is CC1=C(CN2CC(C(=O)O)C2)CCc2cc(OCc3cc(C4CCCCC4)c(C(F)(F)F)cn3)ccc21. The number of aliphatic carboxylic acids is 1. The number of pyridine rings is 1. The number of alkyl halides is 3. The summed E-state index contributed by atoms with van der Waals surface area (Å²) in [6, 6.07) is 7.57. The molecular formula is C29H33F3N2O3.